The van der Waals surface area contributed by atoms with Crippen LogP contribution >= 0.6 is 0 Å². The second-order valence-corrected chi connectivity index (χ2v) is 6.87. The Morgan fingerprint density at radius 2 is 1.90 bits per heavy atom. The molecule has 0 aromatic heterocycles. The molecule has 1 aliphatic rings. The van der Waals surface area contributed by atoms with Crippen molar-refractivity contribution in [1.82, 2.24) is 0 Å². The lowest BCUT2D eigenvalue weighted by atomic mass is 10.1. The smallest absolute Gasteiger partial charge is 0.338 e. The van der Waals surface area contributed by atoms with Crippen molar-refractivity contribution in [3.63, 3.8) is 0 Å². The van der Waals surface area contributed by atoms with E-state index >= 15 is 0 Å². The Morgan fingerprint density at radius 1 is 1.17 bits per heavy atom. The van der Waals surface area contributed by atoms with Crippen LogP contribution in [0.4, 0.5) is 11.4 Å². The first-order valence-electron chi connectivity index (χ1n) is 9.46. The SMILES string of the molecule is CCOC(=O)c1ccc(NC(=O)C2CC(=O)N(c3cc(C)ccc3OC)C2)cc1. The fourth-order valence-corrected chi connectivity index (χ4v) is 3.28. The molecule has 0 spiro atoms. The van der Waals surface area contributed by atoms with Crippen molar-refractivity contribution in [2.45, 2.75) is 20.3 Å². The van der Waals surface area contributed by atoms with E-state index in [1.807, 2.05) is 25.1 Å². The maximum Gasteiger partial charge on any atom is 0.338 e. The quantitative estimate of drug-likeness (QED) is 0.758. The number of carbonyl (C=O) groups excluding carboxylic acids is 3. The number of nitrogens with zero attached hydrogens (tertiary/aromatic N) is 1. The van der Waals surface area contributed by atoms with E-state index in [1.54, 1.807) is 43.2 Å². The molecule has 2 aromatic carbocycles. The van der Waals surface area contributed by atoms with Crippen LogP contribution < -0.4 is 15.0 Å². The predicted molar refractivity (Wildman–Crippen MR) is 109 cm³/mol. The Morgan fingerprint density at radius 3 is 2.55 bits per heavy atom. The molecule has 2 aromatic rings. The van der Waals surface area contributed by atoms with Gasteiger partial charge in [-0.2, -0.15) is 0 Å². The highest BCUT2D eigenvalue weighted by Crippen LogP contribution is 2.34. The number of methoxy groups -OCH3 is 1. The fourth-order valence-electron chi connectivity index (χ4n) is 3.28. The number of ether oxygens (including phenoxy) is 2. The molecule has 7 nitrogen and oxygen atoms in total. The highest BCUT2D eigenvalue weighted by atomic mass is 16.5. The van der Waals surface area contributed by atoms with E-state index in [1.165, 1.54) is 0 Å². The van der Waals surface area contributed by atoms with E-state index in [-0.39, 0.29) is 24.8 Å². The summed E-state index contributed by atoms with van der Waals surface area (Å²) in [7, 11) is 1.55. The molecule has 152 valence electrons. The highest BCUT2D eigenvalue weighted by molar-refractivity contribution is 6.04. The molecule has 0 saturated carbocycles. The van der Waals surface area contributed by atoms with E-state index < -0.39 is 11.9 Å². The Hall–Kier alpha value is -3.35. The summed E-state index contributed by atoms with van der Waals surface area (Å²) in [4.78, 5) is 38.5. The molecule has 1 saturated heterocycles. The fraction of sp³-hybridized carbons (Fsp3) is 0.318. The van der Waals surface area contributed by atoms with Crippen molar-refractivity contribution >= 4 is 29.2 Å². The van der Waals surface area contributed by atoms with E-state index in [0.717, 1.165) is 5.56 Å². The third-order valence-corrected chi connectivity index (χ3v) is 4.78. The molecule has 0 radical (unpaired) electrons. The van der Waals surface area contributed by atoms with Gasteiger partial charge in [0.1, 0.15) is 5.75 Å². The minimum absolute atomic E-state index is 0.119. The van der Waals surface area contributed by atoms with Crippen LogP contribution in [0, 0.1) is 12.8 Å². The van der Waals surface area contributed by atoms with E-state index in [9.17, 15) is 14.4 Å². The number of amides is 2. The molecule has 3 rings (SSSR count). The number of nitrogens with one attached hydrogen (secondary N) is 1. The van der Waals surface area contributed by atoms with Gasteiger partial charge in [-0.15, -0.1) is 0 Å². The molecule has 1 N–H and O–H groups in total. The van der Waals surface area contributed by atoms with E-state index in [0.29, 0.717) is 29.3 Å². The molecule has 1 heterocycles. The summed E-state index contributed by atoms with van der Waals surface area (Å²) in [6.07, 6.45) is 0.129. The topological polar surface area (TPSA) is 84.9 Å². The third-order valence-electron chi connectivity index (χ3n) is 4.78. The summed E-state index contributed by atoms with van der Waals surface area (Å²) < 4.78 is 10.3. The molecule has 29 heavy (non-hydrogen) atoms. The zero-order valence-corrected chi connectivity index (χ0v) is 16.7. The van der Waals surface area contributed by atoms with Gasteiger partial charge in [0.25, 0.3) is 0 Å². The van der Waals surface area contributed by atoms with Gasteiger partial charge in [0, 0.05) is 18.7 Å². The Balaban J connectivity index is 1.68. The molecule has 1 fully saturated rings. The summed E-state index contributed by atoms with van der Waals surface area (Å²) >= 11 is 0. The van der Waals surface area contributed by atoms with Crippen LogP contribution in [-0.2, 0) is 14.3 Å². The second kappa shape index (κ2) is 8.77. The largest absolute Gasteiger partial charge is 0.495 e. The lowest BCUT2D eigenvalue weighted by Gasteiger charge is -2.20. The molecule has 2 amide bonds. The van der Waals surface area contributed by atoms with Gasteiger partial charge in [-0.05, 0) is 55.8 Å². The van der Waals surface area contributed by atoms with Gasteiger partial charge < -0.3 is 19.7 Å². The maximum atomic E-state index is 12.7. The van der Waals surface area contributed by atoms with Crippen LogP contribution in [0.15, 0.2) is 42.5 Å². The van der Waals surface area contributed by atoms with Gasteiger partial charge in [0.15, 0.2) is 0 Å². The van der Waals surface area contributed by atoms with Crippen molar-refractivity contribution in [3.05, 3.63) is 53.6 Å². The zero-order chi connectivity index (χ0) is 21.0. The van der Waals surface area contributed by atoms with Crippen LogP contribution in [0.5, 0.6) is 5.75 Å². The van der Waals surface area contributed by atoms with E-state index in [4.69, 9.17) is 9.47 Å². The number of aryl methyl sites for hydroxylation is 1. The average molecular weight is 396 g/mol. The number of hydrogen-bond donors (Lipinski definition) is 1. The number of rotatable bonds is 6. The Bertz CT molecular complexity index is 923. The minimum Gasteiger partial charge on any atom is -0.495 e. The molecule has 1 aliphatic heterocycles. The molecule has 1 unspecified atom stereocenters. The van der Waals surface area contributed by atoms with Gasteiger partial charge >= 0.3 is 5.97 Å². The number of esters is 1. The van der Waals surface area contributed by atoms with Gasteiger partial charge in [-0.3, -0.25) is 9.59 Å². The number of benzene rings is 2. The van der Waals surface area contributed by atoms with Crippen molar-refractivity contribution in [3.8, 4) is 5.75 Å². The predicted octanol–water partition coefficient (Wildman–Crippen LogP) is 3.17. The standard InChI is InChI=1S/C22H24N2O5/c1-4-29-22(27)15-6-8-17(9-7-15)23-21(26)16-12-20(25)24(13-16)18-11-14(2)5-10-19(18)28-3/h5-11,16H,4,12-13H2,1-3H3,(H,23,26). The van der Waals surface area contributed by atoms with Crippen molar-refractivity contribution in [2.75, 3.05) is 30.5 Å². The van der Waals surface area contributed by atoms with Gasteiger partial charge in [0.05, 0.1) is 30.9 Å². The van der Waals surface area contributed by atoms with Crippen LogP contribution in [0.25, 0.3) is 0 Å². The van der Waals surface area contributed by atoms with Crippen molar-refractivity contribution < 1.29 is 23.9 Å². The van der Waals surface area contributed by atoms with Gasteiger partial charge in [0.2, 0.25) is 11.8 Å². The summed E-state index contributed by atoms with van der Waals surface area (Å²) in [6, 6.07) is 12.1. The van der Waals surface area contributed by atoms with Crippen molar-refractivity contribution in [1.29, 1.82) is 0 Å². The Labute approximate surface area is 169 Å². The molecule has 1 atom stereocenters. The maximum absolute atomic E-state index is 12.7. The van der Waals surface area contributed by atoms with Gasteiger partial charge in [-0.25, -0.2) is 4.79 Å². The Kier molecular flexibility index (Phi) is 6.16. The monoisotopic (exact) mass is 396 g/mol. The summed E-state index contributed by atoms with van der Waals surface area (Å²) in [5, 5.41) is 2.81. The van der Waals surface area contributed by atoms with Crippen LogP contribution in [0.3, 0.4) is 0 Å². The lowest BCUT2D eigenvalue weighted by molar-refractivity contribution is -0.122. The molecular weight excluding hydrogens is 372 g/mol. The van der Waals surface area contributed by atoms with Crippen LogP contribution in [-0.4, -0.2) is 38.0 Å². The number of anilines is 2. The van der Waals surface area contributed by atoms with Gasteiger partial charge in [-0.1, -0.05) is 6.07 Å². The average Bonchev–Trinajstić information content (AvgIpc) is 3.10. The third kappa shape index (κ3) is 4.56. The molecular formula is C22H24N2O5. The first-order chi connectivity index (χ1) is 13.9. The summed E-state index contributed by atoms with van der Waals surface area (Å²) in [5.74, 6) is -0.644. The molecule has 0 aliphatic carbocycles. The van der Waals surface area contributed by atoms with Crippen molar-refractivity contribution in [2.24, 2.45) is 5.92 Å². The molecule has 7 heteroatoms. The lowest BCUT2D eigenvalue weighted by Crippen LogP contribution is -2.28. The van der Waals surface area contributed by atoms with Crippen LogP contribution in [0.2, 0.25) is 0 Å². The number of carbonyl (C=O) groups is 3. The normalized spacial score (nSPS) is 15.9. The first-order valence-corrected chi connectivity index (χ1v) is 9.46. The zero-order valence-electron chi connectivity index (χ0n) is 16.7. The van der Waals surface area contributed by atoms with Crippen LogP contribution in [0.1, 0.15) is 29.3 Å². The minimum atomic E-state index is -0.475. The second-order valence-electron chi connectivity index (χ2n) is 6.87. The molecule has 0 bridgehead atoms. The summed E-state index contributed by atoms with van der Waals surface area (Å²) in [5.41, 5.74) is 2.65. The summed E-state index contributed by atoms with van der Waals surface area (Å²) in [6.45, 7) is 4.26. The van der Waals surface area contributed by atoms with E-state index in [2.05, 4.69) is 5.32 Å². The first kappa shape index (κ1) is 20.4. The number of hydrogen-bond acceptors (Lipinski definition) is 5. The highest BCUT2D eigenvalue weighted by Gasteiger charge is 2.36.